The smallest absolute Gasteiger partial charge is 0.263 e. The lowest BCUT2D eigenvalue weighted by atomic mass is 10.1. The van der Waals surface area contributed by atoms with Gasteiger partial charge in [-0.3, -0.25) is 14.7 Å². The van der Waals surface area contributed by atoms with E-state index in [1.165, 1.54) is 11.3 Å². The third kappa shape index (κ3) is 3.50. The number of thiophene rings is 1. The number of amides is 1. The molecule has 9 heteroatoms. The summed E-state index contributed by atoms with van der Waals surface area (Å²) in [4.78, 5) is 25.1. The molecule has 0 spiro atoms. The van der Waals surface area contributed by atoms with Gasteiger partial charge in [0.2, 0.25) is 6.35 Å². The molecule has 6 rings (SSSR count). The molecule has 4 aromatic rings. The Morgan fingerprint density at radius 1 is 1.15 bits per heavy atom. The average Bonchev–Trinajstić information content (AvgIpc) is 3.49. The minimum atomic E-state index is -1.05. The highest BCUT2D eigenvalue weighted by molar-refractivity contribution is 7.21. The molecule has 1 unspecified atom stereocenters. The lowest BCUT2D eigenvalue weighted by molar-refractivity contribution is 0.0944. The van der Waals surface area contributed by atoms with E-state index in [-0.39, 0.29) is 11.9 Å². The molecule has 2 aliphatic heterocycles. The third-order valence-electron chi connectivity index (χ3n) is 6.04. The van der Waals surface area contributed by atoms with Crippen LogP contribution in [0.5, 0.6) is 0 Å². The van der Waals surface area contributed by atoms with Crippen molar-refractivity contribution in [3.05, 3.63) is 65.8 Å². The molecule has 2 aliphatic rings. The molecule has 0 saturated carbocycles. The van der Waals surface area contributed by atoms with Gasteiger partial charge in [-0.25, -0.2) is 4.98 Å². The van der Waals surface area contributed by atoms with Crippen molar-refractivity contribution in [2.75, 3.05) is 23.3 Å². The lowest BCUT2D eigenvalue weighted by Gasteiger charge is -2.35. The summed E-state index contributed by atoms with van der Waals surface area (Å²) in [6, 6.07) is 15.7. The van der Waals surface area contributed by atoms with E-state index in [4.69, 9.17) is 0 Å². The summed E-state index contributed by atoms with van der Waals surface area (Å²) < 4.78 is 0. The van der Waals surface area contributed by atoms with Gasteiger partial charge in [0, 0.05) is 36.2 Å². The summed E-state index contributed by atoms with van der Waals surface area (Å²) in [5, 5.41) is 21.5. The van der Waals surface area contributed by atoms with Gasteiger partial charge in [0.25, 0.3) is 5.91 Å². The molecule has 33 heavy (non-hydrogen) atoms. The molecule has 3 aromatic heterocycles. The Labute approximate surface area is 194 Å². The number of rotatable bonds is 4. The predicted octanol–water partition coefficient (Wildman–Crippen LogP) is 3.29. The number of aromatic nitrogens is 2. The van der Waals surface area contributed by atoms with Crippen LogP contribution in [0.2, 0.25) is 0 Å². The zero-order valence-corrected chi connectivity index (χ0v) is 18.5. The van der Waals surface area contributed by atoms with E-state index < -0.39 is 6.35 Å². The van der Waals surface area contributed by atoms with Crippen LogP contribution in [0, 0.1) is 0 Å². The van der Waals surface area contributed by atoms with E-state index in [1.807, 2.05) is 48.5 Å². The third-order valence-corrected chi connectivity index (χ3v) is 7.14. The molecule has 1 aromatic carbocycles. The van der Waals surface area contributed by atoms with Gasteiger partial charge in [-0.05, 0) is 31.2 Å². The van der Waals surface area contributed by atoms with E-state index >= 15 is 0 Å². The molecule has 2 atom stereocenters. The molecule has 0 bridgehead atoms. The number of nitrogens with one attached hydrogen (secondary N) is 3. The van der Waals surface area contributed by atoms with Gasteiger partial charge in [-0.15, -0.1) is 11.3 Å². The maximum atomic E-state index is 13.0. The number of pyridine rings is 2. The van der Waals surface area contributed by atoms with E-state index in [2.05, 4.69) is 25.9 Å². The molecule has 8 nitrogen and oxygen atoms in total. The largest absolute Gasteiger partial charge is 0.356 e. The van der Waals surface area contributed by atoms with E-state index in [1.54, 1.807) is 17.3 Å². The van der Waals surface area contributed by atoms with Crippen molar-refractivity contribution in [2.24, 2.45) is 0 Å². The first-order chi connectivity index (χ1) is 16.2. The van der Waals surface area contributed by atoms with Crippen LogP contribution in [-0.4, -0.2) is 46.5 Å². The fraction of sp³-hybridized carbons (Fsp3) is 0.208. The van der Waals surface area contributed by atoms with Crippen LogP contribution in [0.4, 0.5) is 17.1 Å². The topological polar surface area (TPSA) is 102 Å². The highest BCUT2D eigenvalue weighted by Gasteiger charge is 2.33. The normalized spacial score (nSPS) is 19.5. The molecular weight excluding hydrogens is 436 g/mol. The van der Waals surface area contributed by atoms with Crippen LogP contribution in [0.15, 0.2) is 60.9 Å². The van der Waals surface area contributed by atoms with Gasteiger partial charge >= 0.3 is 0 Å². The summed E-state index contributed by atoms with van der Waals surface area (Å²) >= 11 is 1.34. The fourth-order valence-electron chi connectivity index (χ4n) is 4.48. The van der Waals surface area contributed by atoms with Crippen LogP contribution in [0.3, 0.4) is 0 Å². The molecule has 1 saturated heterocycles. The number of nitrogens with zero attached hydrogens (tertiary/aromatic N) is 3. The first-order valence-electron chi connectivity index (χ1n) is 10.9. The fourth-order valence-corrected chi connectivity index (χ4v) is 5.51. The summed E-state index contributed by atoms with van der Waals surface area (Å²) in [5.74, 6) is -0.143. The van der Waals surface area contributed by atoms with Crippen molar-refractivity contribution in [1.82, 2.24) is 20.6 Å². The van der Waals surface area contributed by atoms with Crippen LogP contribution in [-0.2, 0) is 0 Å². The van der Waals surface area contributed by atoms with Crippen LogP contribution >= 0.6 is 11.3 Å². The van der Waals surface area contributed by atoms with Crippen LogP contribution in [0.25, 0.3) is 21.5 Å². The highest BCUT2D eigenvalue weighted by Crippen LogP contribution is 2.46. The van der Waals surface area contributed by atoms with E-state index in [0.717, 1.165) is 52.4 Å². The van der Waals surface area contributed by atoms with Gasteiger partial charge < -0.3 is 21.1 Å². The van der Waals surface area contributed by atoms with Crippen molar-refractivity contribution in [3.63, 3.8) is 0 Å². The summed E-state index contributed by atoms with van der Waals surface area (Å²) in [7, 11) is 0. The SMILES string of the molecule is O=C(N[C@@H]1CCNC1)c1sc2nccc3c2c1NC(O)N3c1ccnc(-c2ccccc2)c1. The highest BCUT2D eigenvalue weighted by atomic mass is 32.1. The number of hydrogen-bond acceptors (Lipinski definition) is 8. The molecule has 0 aliphatic carbocycles. The lowest BCUT2D eigenvalue weighted by Crippen LogP contribution is -2.41. The van der Waals surface area contributed by atoms with Crippen LogP contribution < -0.4 is 20.9 Å². The first-order valence-corrected chi connectivity index (χ1v) is 11.7. The Hall–Kier alpha value is -3.53. The van der Waals surface area contributed by atoms with Gasteiger partial charge in [0.15, 0.2) is 0 Å². The summed E-state index contributed by atoms with van der Waals surface area (Å²) in [5.41, 5.74) is 4.02. The zero-order valence-electron chi connectivity index (χ0n) is 17.7. The van der Waals surface area contributed by atoms with Crippen molar-refractivity contribution in [3.8, 4) is 11.3 Å². The summed E-state index contributed by atoms with van der Waals surface area (Å²) in [6.45, 7) is 1.67. The Bertz CT molecular complexity index is 1340. The Kier molecular flexibility index (Phi) is 4.94. The maximum Gasteiger partial charge on any atom is 0.263 e. The number of anilines is 3. The first kappa shape index (κ1) is 20.1. The number of hydrogen-bond donors (Lipinski definition) is 4. The van der Waals surface area contributed by atoms with Gasteiger partial charge in [-0.1, -0.05) is 30.3 Å². The molecule has 5 heterocycles. The number of carbonyl (C=O) groups is 1. The van der Waals surface area contributed by atoms with E-state index in [0.29, 0.717) is 10.6 Å². The molecule has 0 radical (unpaired) electrons. The number of aliphatic hydroxyl groups is 1. The number of carbonyl (C=O) groups excluding carboxylic acids is 1. The average molecular weight is 459 g/mol. The maximum absolute atomic E-state index is 13.0. The molecule has 166 valence electrons. The minimum Gasteiger partial charge on any atom is -0.356 e. The second-order valence-electron chi connectivity index (χ2n) is 8.13. The van der Waals surface area contributed by atoms with Gasteiger partial charge in [0.1, 0.15) is 9.71 Å². The second kappa shape index (κ2) is 8.11. The summed E-state index contributed by atoms with van der Waals surface area (Å²) in [6.07, 6.45) is 3.31. The van der Waals surface area contributed by atoms with Crippen molar-refractivity contribution >= 4 is 44.5 Å². The number of aliphatic hydroxyl groups excluding tert-OH is 1. The zero-order chi connectivity index (χ0) is 22.4. The Morgan fingerprint density at radius 2 is 2.00 bits per heavy atom. The Morgan fingerprint density at radius 3 is 2.82 bits per heavy atom. The van der Waals surface area contributed by atoms with Crippen molar-refractivity contribution in [1.29, 1.82) is 0 Å². The molecule has 1 fully saturated rings. The second-order valence-corrected chi connectivity index (χ2v) is 9.13. The monoisotopic (exact) mass is 458 g/mol. The van der Waals surface area contributed by atoms with Crippen molar-refractivity contribution in [2.45, 2.75) is 18.8 Å². The standard InChI is InChI=1S/C24H22N6O2S/c31-22(28-15-6-9-25-13-15)21-20-19-18(8-11-27-23(19)33-21)30(24(32)29-20)16-7-10-26-17(12-16)14-4-2-1-3-5-14/h1-5,7-8,10-12,15,24-25,29,32H,6,9,13H2,(H,28,31)/t15-,24?/m1/s1. The van der Waals surface area contributed by atoms with E-state index in [9.17, 15) is 9.90 Å². The molecule has 1 amide bonds. The number of benzene rings is 1. The Balaban J connectivity index is 1.42. The quantitative estimate of drug-likeness (QED) is 0.372. The predicted molar refractivity (Wildman–Crippen MR) is 130 cm³/mol. The molecule has 4 N–H and O–H groups in total. The minimum absolute atomic E-state index is 0.112. The van der Waals surface area contributed by atoms with Gasteiger partial charge in [-0.2, -0.15) is 0 Å². The molecular formula is C24H22N6O2S. The van der Waals surface area contributed by atoms with Gasteiger partial charge in [0.05, 0.1) is 22.5 Å². The van der Waals surface area contributed by atoms with Crippen molar-refractivity contribution < 1.29 is 9.90 Å². The van der Waals surface area contributed by atoms with Crippen LogP contribution in [0.1, 0.15) is 16.1 Å².